The zero-order chi connectivity index (χ0) is 21.6. The molecule has 2 rings (SSSR count). The minimum atomic E-state index is -3.68. The predicted molar refractivity (Wildman–Crippen MR) is 114 cm³/mol. The number of rotatable bonds is 9. The van der Waals surface area contributed by atoms with Gasteiger partial charge in [0, 0.05) is 5.02 Å². The first-order chi connectivity index (χ1) is 13.6. The summed E-state index contributed by atoms with van der Waals surface area (Å²) in [5, 5.41) is 3.14. The summed E-state index contributed by atoms with van der Waals surface area (Å²) in [6, 6.07) is 11.7. The topological polar surface area (TPSA) is 84.9 Å². The van der Waals surface area contributed by atoms with Gasteiger partial charge in [-0.05, 0) is 55.8 Å². The van der Waals surface area contributed by atoms with Gasteiger partial charge in [0.15, 0.2) is 0 Å². The fourth-order valence-corrected chi connectivity index (χ4v) is 3.69. The molecular formula is C20H25ClN2O5S. The number of ether oxygens (including phenoxy) is 2. The molecule has 0 unspecified atom stereocenters. The summed E-state index contributed by atoms with van der Waals surface area (Å²) in [4.78, 5) is 12.5. The van der Waals surface area contributed by atoms with Gasteiger partial charge in [0.1, 0.15) is 24.7 Å². The van der Waals surface area contributed by atoms with Crippen LogP contribution in [0.1, 0.15) is 12.5 Å². The van der Waals surface area contributed by atoms with E-state index in [1.165, 1.54) is 6.07 Å². The maximum absolute atomic E-state index is 12.5. The number of hydrogen-bond donors (Lipinski definition) is 1. The van der Waals surface area contributed by atoms with Crippen molar-refractivity contribution in [2.75, 3.05) is 30.8 Å². The van der Waals surface area contributed by atoms with E-state index in [2.05, 4.69) is 5.32 Å². The molecular weight excluding hydrogens is 416 g/mol. The number of nitrogens with zero attached hydrogens (tertiary/aromatic N) is 1. The normalized spacial score (nSPS) is 12.2. The van der Waals surface area contributed by atoms with Crippen LogP contribution in [0, 0.1) is 6.92 Å². The van der Waals surface area contributed by atoms with Gasteiger partial charge in [0.05, 0.1) is 25.1 Å². The molecule has 0 heterocycles. The van der Waals surface area contributed by atoms with Crippen molar-refractivity contribution < 1.29 is 22.7 Å². The molecule has 2 aromatic carbocycles. The van der Waals surface area contributed by atoms with Crippen LogP contribution in [0.3, 0.4) is 0 Å². The van der Waals surface area contributed by atoms with Crippen LogP contribution in [0.2, 0.25) is 5.02 Å². The van der Waals surface area contributed by atoms with Crippen molar-refractivity contribution in [1.29, 1.82) is 0 Å². The summed E-state index contributed by atoms with van der Waals surface area (Å²) < 4.78 is 36.3. The molecule has 0 saturated heterocycles. The Hall–Kier alpha value is -2.45. The van der Waals surface area contributed by atoms with Crippen molar-refractivity contribution >= 4 is 33.2 Å². The smallest absolute Gasteiger partial charge is 0.241 e. The van der Waals surface area contributed by atoms with Gasteiger partial charge < -0.3 is 14.8 Å². The van der Waals surface area contributed by atoms with Gasteiger partial charge in [-0.3, -0.25) is 9.10 Å². The van der Waals surface area contributed by atoms with Crippen LogP contribution in [0.5, 0.6) is 11.5 Å². The van der Waals surface area contributed by atoms with Gasteiger partial charge in [-0.25, -0.2) is 8.42 Å². The maximum atomic E-state index is 12.5. The average molecular weight is 441 g/mol. The predicted octanol–water partition coefficient (Wildman–Crippen LogP) is 3.01. The number of sulfonamides is 1. The second-order valence-electron chi connectivity index (χ2n) is 6.66. The molecule has 158 valence electrons. The summed E-state index contributed by atoms with van der Waals surface area (Å²) >= 11 is 6.00. The zero-order valence-electron chi connectivity index (χ0n) is 16.8. The first kappa shape index (κ1) is 22.8. The van der Waals surface area contributed by atoms with Crippen LogP contribution >= 0.6 is 11.6 Å². The number of carbonyl (C=O) groups excluding carboxylic acids is 1. The van der Waals surface area contributed by atoms with Crippen molar-refractivity contribution in [2.24, 2.45) is 0 Å². The van der Waals surface area contributed by atoms with E-state index in [9.17, 15) is 13.2 Å². The first-order valence-electron chi connectivity index (χ1n) is 8.90. The fraction of sp³-hybridized carbons (Fsp3) is 0.350. The molecule has 29 heavy (non-hydrogen) atoms. The molecule has 0 aromatic heterocycles. The summed E-state index contributed by atoms with van der Waals surface area (Å²) in [7, 11) is -2.10. The van der Waals surface area contributed by atoms with Gasteiger partial charge in [-0.15, -0.1) is 0 Å². The van der Waals surface area contributed by atoms with Crippen molar-refractivity contribution in [3.63, 3.8) is 0 Å². The second-order valence-corrected chi connectivity index (χ2v) is 9.00. The third-order valence-electron chi connectivity index (χ3n) is 4.09. The van der Waals surface area contributed by atoms with E-state index in [4.69, 9.17) is 21.1 Å². The van der Waals surface area contributed by atoms with Crippen LogP contribution in [0.25, 0.3) is 0 Å². The molecule has 0 aliphatic rings. The molecule has 1 atom stereocenters. The van der Waals surface area contributed by atoms with Crippen molar-refractivity contribution in [3.05, 3.63) is 53.1 Å². The molecule has 0 fully saturated rings. The van der Waals surface area contributed by atoms with E-state index < -0.39 is 15.9 Å². The highest BCUT2D eigenvalue weighted by Gasteiger charge is 2.23. The van der Waals surface area contributed by atoms with Gasteiger partial charge in [0.25, 0.3) is 0 Å². The Morgan fingerprint density at radius 2 is 1.79 bits per heavy atom. The highest BCUT2D eigenvalue weighted by Crippen LogP contribution is 2.26. The number of amides is 1. The van der Waals surface area contributed by atoms with Crippen LogP contribution < -0.4 is 19.1 Å². The minimum absolute atomic E-state index is 0.229. The highest BCUT2D eigenvalue weighted by molar-refractivity contribution is 7.92. The standard InChI is InChI=1S/C20H25ClN2O5S/c1-14-5-6-16(21)11-19(14)23(29(4,25)26)12-20(24)22-15(2)13-28-18-9-7-17(27-3)8-10-18/h5-11,15H,12-13H2,1-4H3,(H,22,24)/t15-/m1/s1. The second kappa shape index (κ2) is 9.84. The van der Waals surface area contributed by atoms with Gasteiger partial charge in [-0.1, -0.05) is 17.7 Å². The quantitative estimate of drug-likeness (QED) is 0.647. The third-order valence-corrected chi connectivity index (χ3v) is 5.46. The van der Waals surface area contributed by atoms with Crippen LogP contribution in [-0.4, -0.2) is 46.9 Å². The Kier molecular flexibility index (Phi) is 7.75. The average Bonchev–Trinajstić information content (AvgIpc) is 2.66. The SMILES string of the molecule is COc1ccc(OC[C@@H](C)NC(=O)CN(c2cc(Cl)ccc2C)S(C)(=O)=O)cc1. The zero-order valence-corrected chi connectivity index (χ0v) is 18.4. The number of anilines is 1. The van der Waals surface area contributed by atoms with Crippen molar-refractivity contribution in [3.8, 4) is 11.5 Å². The van der Waals surface area contributed by atoms with E-state index in [-0.39, 0.29) is 19.2 Å². The van der Waals surface area contributed by atoms with E-state index in [0.717, 1.165) is 16.3 Å². The lowest BCUT2D eigenvalue weighted by Gasteiger charge is -2.25. The molecule has 7 nitrogen and oxygen atoms in total. The van der Waals surface area contributed by atoms with E-state index in [1.807, 2.05) is 0 Å². The number of methoxy groups -OCH3 is 1. The molecule has 1 amide bonds. The Labute approximate surface area is 176 Å². The van der Waals surface area contributed by atoms with Crippen LogP contribution in [-0.2, 0) is 14.8 Å². The molecule has 1 N–H and O–H groups in total. The Bertz CT molecular complexity index is 948. The number of hydrogen-bond acceptors (Lipinski definition) is 5. The van der Waals surface area contributed by atoms with E-state index in [1.54, 1.807) is 57.4 Å². The molecule has 0 saturated carbocycles. The first-order valence-corrected chi connectivity index (χ1v) is 11.1. The summed E-state index contributed by atoms with van der Waals surface area (Å²) in [6.07, 6.45) is 1.05. The molecule has 0 radical (unpaired) electrons. The van der Waals surface area contributed by atoms with Crippen molar-refractivity contribution in [1.82, 2.24) is 5.32 Å². The van der Waals surface area contributed by atoms with Gasteiger partial charge >= 0.3 is 0 Å². The molecule has 0 spiro atoms. The lowest BCUT2D eigenvalue weighted by Crippen LogP contribution is -2.45. The number of halogens is 1. The molecule has 0 bridgehead atoms. The maximum Gasteiger partial charge on any atom is 0.241 e. The summed E-state index contributed by atoms with van der Waals surface area (Å²) in [5.74, 6) is 0.913. The molecule has 0 aliphatic carbocycles. The summed E-state index contributed by atoms with van der Waals surface area (Å²) in [5.41, 5.74) is 1.07. The minimum Gasteiger partial charge on any atom is -0.497 e. The highest BCUT2D eigenvalue weighted by atomic mass is 35.5. The van der Waals surface area contributed by atoms with Crippen molar-refractivity contribution in [2.45, 2.75) is 19.9 Å². The number of benzene rings is 2. The number of nitrogens with one attached hydrogen (secondary N) is 1. The molecule has 2 aromatic rings. The monoisotopic (exact) mass is 440 g/mol. The molecule has 9 heteroatoms. The lowest BCUT2D eigenvalue weighted by molar-refractivity contribution is -0.120. The fourth-order valence-electron chi connectivity index (χ4n) is 2.62. The third kappa shape index (κ3) is 6.83. The number of carbonyl (C=O) groups is 1. The van der Waals surface area contributed by atoms with E-state index >= 15 is 0 Å². The number of aryl methyl sites for hydroxylation is 1. The lowest BCUT2D eigenvalue weighted by atomic mass is 10.2. The Balaban J connectivity index is 1.99. The Morgan fingerprint density at radius 1 is 1.17 bits per heavy atom. The molecule has 0 aliphatic heterocycles. The summed E-state index contributed by atoms with van der Waals surface area (Å²) in [6.45, 7) is 3.41. The van der Waals surface area contributed by atoms with Gasteiger partial charge in [0.2, 0.25) is 15.9 Å². The Morgan fingerprint density at radius 3 is 2.38 bits per heavy atom. The van der Waals surface area contributed by atoms with Crippen LogP contribution in [0.4, 0.5) is 5.69 Å². The van der Waals surface area contributed by atoms with Gasteiger partial charge in [-0.2, -0.15) is 0 Å². The van der Waals surface area contributed by atoms with Crippen LogP contribution in [0.15, 0.2) is 42.5 Å². The largest absolute Gasteiger partial charge is 0.497 e. The van der Waals surface area contributed by atoms with E-state index in [0.29, 0.717) is 22.0 Å².